The first kappa shape index (κ1) is 17.5. The summed E-state index contributed by atoms with van der Waals surface area (Å²) in [5, 5.41) is 10.6. The molecule has 2 aromatic heterocycles. The van der Waals surface area contributed by atoms with Crippen LogP contribution in [0.15, 0.2) is 18.3 Å². The lowest BCUT2D eigenvalue weighted by Gasteiger charge is -2.08. The van der Waals surface area contributed by atoms with E-state index in [1.165, 1.54) is 4.68 Å². The highest BCUT2D eigenvalue weighted by molar-refractivity contribution is 5.75. The largest absolute Gasteiger partial charge is 0.435 e. The number of aryl methyl sites for hydroxylation is 2. The average Bonchev–Trinajstić information content (AvgIpc) is 3.14. The molecule has 0 radical (unpaired) electrons. The quantitative estimate of drug-likeness (QED) is 0.776. The minimum atomic E-state index is -4.43. The molecule has 0 bridgehead atoms. The molecule has 2 heterocycles. The van der Waals surface area contributed by atoms with Crippen molar-refractivity contribution < 1.29 is 18.0 Å². The van der Waals surface area contributed by atoms with Gasteiger partial charge in [0.25, 0.3) is 0 Å². The van der Waals surface area contributed by atoms with Gasteiger partial charge in [0.05, 0.1) is 5.69 Å². The number of carbonyl (C=O) groups is 1. The summed E-state index contributed by atoms with van der Waals surface area (Å²) in [6, 6.07) is 2.96. The molecular weight excluding hydrogens is 335 g/mol. The van der Waals surface area contributed by atoms with Crippen molar-refractivity contribution in [3.8, 4) is 0 Å². The van der Waals surface area contributed by atoms with E-state index in [1.807, 2.05) is 13.0 Å². The highest BCUT2D eigenvalue weighted by Gasteiger charge is 2.37. The van der Waals surface area contributed by atoms with E-state index in [9.17, 15) is 18.0 Å². The zero-order valence-electron chi connectivity index (χ0n) is 13.9. The van der Waals surface area contributed by atoms with E-state index in [-0.39, 0.29) is 18.4 Å². The third-order valence-electron chi connectivity index (χ3n) is 4.05. The zero-order valence-corrected chi connectivity index (χ0v) is 13.9. The Bertz CT molecular complexity index is 745. The van der Waals surface area contributed by atoms with Gasteiger partial charge >= 0.3 is 6.18 Å². The van der Waals surface area contributed by atoms with Crippen molar-refractivity contribution in [2.24, 2.45) is 0 Å². The molecule has 6 nitrogen and oxygen atoms in total. The van der Waals surface area contributed by atoms with Crippen LogP contribution in [-0.4, -0.2) is 32.0 Å². The van der Waals surface area contributed by atoms with Crippen molar-refractivity contribution in [2.45, 2.75) is 51.4 Å². The number of nitrogens with zero attached hydrogens (tertiary/aromatic N) is 4. The standard InChI is InChI=1S/C16H20F3N5O/c1-11-5-8-23(21-11)10-15(25)20-6-2-7-24-13(12-3-4-12)9-14(22-24)16(17,18)19/h5,8-9,12H,2-4,6-7,10H2,1H3,(H,20,25). The fraction of sp³-hybridized carbons (Fsp3) is 0.562. The van der Waals surface area contributed by atoms with E-state index in [0.717, 1.165) is 24.6 Å². The second-order valence-electron chi connectivity index (χ2n) is 6.31. The maximum atomic E-state index is 12.8. The van der Waals surface area contributed by atoms with E-state index < -0.39 is 11.9 Å². The maximum absolute atomic E-state index is 12.8. The van der Waals surface area contributed by atoms with Gasteiger partial charge in [-0.3, -0.25) is 14.2 Å². The number of aromatic nitrogens is 4. The van der Waals surface area contributed by atoms with Crippen LogP contribution in [0.4, 0.5) is 13.2 Å². The minimum Gasteiger partial charge on any atom is -0.354 e. The van der Waals surface area contributed by atoms with Crippen molar-refractivity contribution >= 4 is 5.91 Å². The molecule has 1 saturated carbocycles. The van der Waals surface area contributed by atoms with Gasteiger partial charge in [0.1, 0.15) is 6.54 Å². The molecule has 1 N–H and O–H groups in total. The average molecular weight is 355 g/mol. The van der Waals surface area contributed by atoms with Crippen LogP contribution < -0.4 is 5.32 Å². The second-order valence-corrected chi connectivity index (χ2v) is 6.31. The van der Waals surface area contributed by atoms with E-state index in [1.54, 1.807) is 10.9 Å². The van der Waals surface area contributed by atoms with Crippen molar-refractivity contribution in [3.05, 3.63) is 35.4 Å². The molecule has 0 unspecified atom stereocenters. The molecule has 1 aliphatic rings. The topological polar surface area (TPSA) is 64.7 Å². The van der Waals surface area contributed by atoms with Gasteiger partial charge in [0.15, 0.2) is 5.69 Å². The summed E-state index contributed by atoms with van der Waals surface area (Å²) in [5.41, 5.74) is 0.637. The van der Waals surface area contributed by atoms with Crippen LogP contribution in [-0.2, 0) is 24.1 Å². The highest BCUT2D eigenvalue weighted by Crippen LogP contribution is 2.42. The monoisotopic (exact) mass is 355 g/mol. The van der Waals surface area contributed by atoms with E-state index in [4.69, 9.17) is 0 Å². The van der Waals surface area contributed by atoms with Gasteiger partial charge in [-0.15, -0.1) is 0 Å². The Hall–Kier alpha value is -2.32. The molecule has 25 heavy (non-hydrogen) atoms. The lowest BCUT2D eigenvalue weighted by molar-refractivity contribution is -0.141. The van der Waals surface area contributed by atoms with Crippen LogP contribution in [0, 0.1) is 6.92 Å². The number of hydrogen-bond acceptors (Lipinski definition) is 3. The van der Waals surface area contributed by atoms with Crippen LogP contribution in [0.5, 0.6) is 0 Å². The number of alkyl halides is 3. The van der Waals surface area contributed by atoms with Crippen molar-refractivity contribution in [3.63, 3.8) is 0 Å². The smallest absolute Gasteiger partial charge is 0.354 e. The number of rotatable bonds is 7. The summed E-state index contributed by atoms with van der Waals surface area (Å²) in [6.07, 6.45) is -0.376. The number of amides is 1. The SMILES string of the molecule is Cc1ccn(CC(=O)NCCCn2nc(C(F)(F)F)cc2C2CC2)n1. The Morgan fingerprint density at radius 3 is 2.72 bits per heavy atom. The molecule has 0 spiro atoms. The Balaban J connectivity index is 1.48. The Morgan fingerprint density at radius 1 is 1.36 bits per heavy atom. The Labute approximate surface area is 143 Å². The molecule has 2 aromatic rings. The number of carbonyl (C=O) groups excluding carboxylic acids is 1. The molecule has 1 fully saturated rings. The first-order valence-corrected chi connectivity index (χ1v) is 8.24. The number of hydrogen-bond donors (Lipinski definition) is 1. The van der Waals surface area contributed by atoms with Gasteiger partial charge < -0.3 is 5.32 Å². The van der Waals surface area contributed by atoms with E-state index >= 15 is 0 Å². The molecule has 3 rings (SSSR count). The van der Waals surface area contributed by atoms with Gasteiger partial charge in [0.2, 0.25) is 5.91 Å². The lowest BCUT2D eigenvalue weighted by Crippen LogP contribution is -2.29. The maximum Gasteiger partial charge on any atom is 0.435 e. The van der Waals surface area contributed by atoms with Gasteiger partial charge in [-0.1, -0.05) is 0 Å². The molecular formula is C16H20F3N5O. The van der Waals surface area contributed by atoms with Crippen LogP contribution >= 0.6 is 0 Å². The molecule has 9 heteroatoms. The van der Waals surface area contributed by atoms with Crippen LogP contribution in [0.25, 0.3) is 0 Å². The molecule has 0 aromatic carbocycles. The number of nitrogens with one attached hydrogen (secondary N) is 1. The van der Waals surface area contributed by atoms with Crippen molar-refractivity contribution in [1.29, 1.82) is 0 Å². The summed E-state index contributed by atoms with van der Waals surface area (Å²) in [6.45, 7) is 2.69. The molecule has 0 saturated heterocycles. The first-order valence-electron chi connectivity index (χ1n) is 8.24. The van der Waals surface area contributed by atoms with Gasteiger partial charge in [-0.25, -0.2) is 0 Å². The predicted octanol–water partition coefficient (Wildman–Crippen LogP) is 2.49. The Morgan fingerprint density at radius 2 is 2.12 bits per heavy atom. The molecule has 136 valence electrons. The van der Waals surface area contributed by atoms with E-state index in [2.05, 4.69) is 15.5 Å². The van der Waals surface area contributed by atoms with E-state index in [0.29, 0.717) is 25.2 Å². The minimum absolute atomic E-state index is 0.126. The van der Waals surface area contributed by atoms with Gasteiger partial charge in [-0.2, -0.15) is 23.4 Å². The third-order valence-corrected chi connectivity index (χ3v) is 4.05. The molecule has 1 aliphatic carbocycles. The zero-order chi connectivity index (χ0) is 18.0. The molecule has 0 atom stereocenters. The normalized spacial score (nSPS) is 14.7. The lowest BCUT2D eigenvalue weighted by atomic mass is 10.2. The molecule has 1 amide bonds. The first-order chi connectivity index (χ1) is 11.8. The van der Waals surface area contributed by atoms with Crippen molar-refractivity contribution in [2.75, 3.05) is 6.54 Å². The highest BCUT2D eigenvalue weighted by atomic mass is 19.4. The summed E-state index contributed by atoms with van der Waals surface area (Å²) < 4.78 is 41.5. The second kappa shape index (κ2) is 6.89. The molecule has 0 aliphatic heterocycles. The summed E-state index contributed by atoms with van der Waals surface area (Å²) >= 11 is 0. The van der Waals surface area contributed by atoms with Crippen LogP contribution in [0.2, 0.25) is 0 Å². The van der Waals surface area contributed by atoms with Crippen molar-refractivity contribution in [1.82, 2.24) is 24.9 Å². The Kier molecular flexibility index (Phi) is 4.82. The van der Waals surface area contributed by atoms with Gasteiger partial charge in [-0.05, 0) is 38.3 Å². The van der Waals surface area contributed by atoms with Gasteiger partial charge in [0, 0.05) is 30.9 Å². The predicted molar refractivity (Wildman–Crippen MR) is 83.8 cm³/mol. The fourth-order valence-corrected chi connectivity index (χ4v) is 2.67. The number of halogens is 3. The third kappa shape index (κ3) is 4.61. The van der Waals surface area contributed by atoms with Crippen LogP contribution in [0.3, 0.4) is 0 Å². The van der Waals surface area contributed by atoms with Crippen LogP contribution in [0.1, 0.15) is 42.3 Å². The summed E-state index contributed by atoms with van der Waals surface area (Å²) in [7, 11) is 0. The fourth-order valence-electron chi connectivity index (χ4n) is 2.67. The summed E-state index contributed by atoms with van der Waals surface area (Å²) in [4.78, 5) is 11.8. The summed E-state index contributed by atoms with van der Waals surface area (Å²) in [5.74, 6) is 0.00297.